The van der Waals surface area contributed by atoms with Crippen LogP contribution >= 0.6 is 11.3 Å². The van der Waals surface area contributed by atoms with Crippen LogP contribution in [0.4, 0.5) is 0 Å². The van der Waals surface area contributed by atoms with Gasteiger partial charge in [-0.05, 0) is 18.6 Å². The van der Waals surface area contributed by atoms with Crippen LogP contribution in [-0.4, -0.2) is 33.7 Å². The van der Waals surface area contributed by atoms with Gasteiger partial charge >= 0.3 is 0 Å². The van der Waals surface area contributed by atoms with Crippen LogP contribution in [0, 0.1) is 0 Å². The zero-order valence-corrected chi connectivity index (χ0v) is 13.4. The van der Waals surface area contributed by atoms with E-state index in [1.165, 1.54) is 16.2 Å². The van der Waals surface area contributed by atoms with E-state index < -0.39 is 0 Å². The lowest BCUT2D eigenvalue weighted by atomic mass is 10.1. The quantitative estimate of drug-likeness (QED) is 0.800. The zero-order chi connectivity index (χ0) is 16.4. The number of fused-ring (bicyclic) bond motifs is 1. The van der Waals surface area contributed by atoms with E-state index in [2.05, 4.69) is 4.99 Å². The Morgan fingerprint density at radius 1 is 1.17 bits per heavy atom. The van der Waals surface area contributed by atoms with Gasteiger partial charge in [-0.25, -0.2) is 0 Å². The Morgan fingerprint density at radius 2 is 1.83 bits per heavy atom. The second-order valence-electron chi connectivity index (χ2n) is 5.21. The van der Waals surface area contributed by atoms with Crippen molar-refractivity contribution in [2.24, 2.45) is 12.0 Å². The van der Waals surface area contributed by atoms with Crippen molar-refractivity contribution < 1.29 is 14.4 Å². The number of nitrogens with zero attached hydrogens (tertiary/aromatic N) is 3. The standard InChI is InChI=1S/C16H15N3O3S/c1-18-9-10-23-16(18)17-13(20)7-4-8-19-14(21)11-5-2-3-6-12(11)15(19)22/h2-3,5-6,9-10H,4,7-8H2,1H3. The lowest BCUT2D eigenvalue weighted by molar-refractivity contribution is -0.118. The van der Waals surface area contributed by atoms with Gasteiger partial charge in [0.15, 0.2) is 4.80 Å². The minimum Gasteiger partial charge on any atom is -0.327 e. The minimum atomic E-state index is -0.292. The normalized spacial score (nSPS) is 14.5. The number of aryl methyl sites for hydroxylation is 1. The Labute approximate surface area is 136 Å². The van der Waals surface area contributed by atoms with E-state index in [0.29, 0.717) is 22.3 Å². The van der Waals surface area contributed by atoms with Crippen molar-refractivity contribution in [3.05, 3.63) is 51.8 Å². The number of thiazole rings is 1. The van der Waals surface area contributed by atoms with Crippen LogP contribution < -0.4 is 4.80 Å². The van der Waals surface area contributed by atoms with Crippen LogP contribution in [0.2, 0.25) is 0 Å². The maximum absolute atomic E-state index is 12.2. The fourth-order valence-corrected chi connectivity index (χ4v) is 3.17. The molecule has 0 bridgehead atoms. The third-order valence-electron chi connectivity index (χ3n) is 3.63. The van der Waals surface area contributed by atoms with Gasteiger partial charge in [-0.3, -0.25) is 19.3 Å². The minimum absolute atomic E-state index is 0.200. The van der Waals surface area contributed by atoms with Gasteiger partial charge in [0, 0.05) is 31.6 Å². The molecule has 1 aliphatic rings. The smallest absolute Gasteiger partial charge is 0.261 e. The molecule has 0 saturated heterocycles. The van der Waals surface area contributed by atoms with E-state index in [1.54, 1.807) is 28.8 Å². The van der Waals surface area contributed by atoms with Gasteiger partial charge in [0.1, 0.15) is 0 Å². The van der Waals surface area contributed by atoms with Crippen LogP contribution in [-0.2, 0) is 11.8 Å². The largest absolute Gasteiger partial charge is 0.327 e. The number of benzene rings is 1. The topological polar surface area (TPSA) is 71.7 Å². The lowest BCUT2D eigenvalue weighted by Crippen LogP contribution is -2.31. The molecule has 2 heterocycles. The third kappa shape index (κ3) is 3.00. The molecule has 1 aromatic carbocycles. The first-order valence-corrected chi connectivity index (χ1v) is 8.09. The molecule has 6 nitrogen and oxygen atoms in total. The predicted molar refractivity (Wildman–Crippen MR) is 84.9 cm³/mol. The average Bonchev–Trinajstić information content (AvgIpc) is 3.04. The fourth-order valence-electron chi connectivity index (χ4n) is 2.43. The molecule has 0 atom stereocenters. The van der Waals surface area contributed by atoms with E-state index in [4.69, 9.17) is 0 Å². The van der Waals surface area contributed by atoms with Gasteiger partial charge in [0.2, 0.25) is 5.91 Å². The van der Waals surface area contributed by atoms with Gasteiger partial charge in [-0.2, -0.15) is 4.99 Å². The summed E-state index contributed by atoms with van der Waals surface area (Å²) in [7, 11) is 1.82. The zero-order valence-electron chi connectivity index (χ0n) is 12.6. The van der Waals surface area contributed by atoms with Crippen LogP contribution in [0.5, 0.6) is 0 Å². The number of rotatable bonds is 4. The molecule has 118 valence electrons. The Kier molecular flexibility index (Phi) is 4.20. The fraction of sp³-hybridized carbons (Fsp3) is 0.250. The van der Waals surface area contributed by atoms with Crippen molar-refractivity contribution in [1.29, 1.82) is 0 Å². The van der Waals surface area contributed by atoms with Crippen molar-refractivity contribution in [2.45, 2.75) is 12.8 Å². The summed E-state index contributed by atoms with van der Waals surface area (Å²) >= 11 is 1.39. The Balaban J connectivity index is 1.60. The Hall–Kier alpha value is -2.54. The molecule has 2 aromatic rings. The molecule has 0 aliphatic carbocycles. The van der Waals surface area contributed by atoms with E-state index in [9.17, 15) is 14.4 Å². The number of imide groups is 1. The summed E-state index contributed by atoms with van der Waals surface area (Å²) in [5.41, 5.74) is 0.859. The highest BCUT2D eigenvalue weighted by atomic mass is 32.1. The van der Waals surface area contributed by atoms with Crippen LogP contribution in [0.25, 0.3) is 0 Å². The van der Waals surface area contributed by atoms with Gasteiger partial charge in [-0.1, -0.05) is 12.1 Å². The number of carbonyl (C=O) groups excluding carboxylic acids is 3. The monoisotopic (exact) mass is 329 g/mol. The molecule has 0 N–H and O–H groups in total. The molecule has 3 rings (SSSR count). The highest BCUT2D eigenvalue weighted by Gasteiger charge is 2.34. The van der Waals surface area contributed by atoms with Crippen molar-refractivity contribution in [3.8, 4) is 0 Å². The first kappa shape index (κ1) is 15.4. The van der Waals surface area contributed by atoms with E-state index in [1.807, 2.05) is 18.6 Å². The van der Waals surface area contributed by atoms with Crippen molar-refractivity contribution in [2.75, 3.05) is 6.54 Å². The molecular weight excluding hydrogens is 314 g/mol. The predicted octanol–water partition coefficient (Wildman–Crippen LogP) is 1.59. The summed E-state index contributed by atoms with van der Waals surface area (Å²) in [5, 5.41) is 1.85. The lowest BCUT2D eigenvalue weighted by Gasteiger charge is -2.12. The number of hydrogen-bond acceptors (Lipinski definition) is 4. The summed E-state index contributed by atoms with van der Waals surface area (Å²) < 4.78 is 1.77. The van der Waals surface area contributed by atoms with Gasteiger partial charge in [0.05, 0.1) is 11.1 Å². The molecule has 23 heavy (non-hydrogen) atoms. The van der Waals surface area contributed by atoms with Crippen LogP contribution in [0.15, 0.2) is 40.8 Å². The van der Waals surface area contributed by atoms with Crippen molar-refractivity contribution >= 4 is 29.1 Å². The Bertz CT molecular complexity index is 815. The molecule has 7 heteroatoms. The molecule has 0 radical (unpaired) electrons. The van der Waals surface area contributed by atoms with Crippen LogP contribution in [0.3, 0.4) is 0 Å². The van der Waals surface area contributed by atoms with Crippen molar-refractivity contribution in [1.82, 2.24) is 9.47 Å². The molecule has 1 aliphatic heterocycles. The molecule has 0 spiro atoms. The Morgan fingerprint density at radius 3 is 2.39 bits per heavy atom. The number of aromatic nitrogens is 1. The summed E-state index contributed by atoms with van der Waals surface area (Å²) in [5.74, 6) is -0.834. The maximum atomic E-state index is 12.2. The van der Waals surface area contributed by atoms with Gasteiger partial charge in [0.25, 0.3) is 11.8 Å². The highest BCUT2D eigenvalue weighted by molar-refractivity contribution is 7.07. The van der Waals surface area contributed by atoms with E-state index in [-0.39, 0.29) is 30.7 Å². The summed E-state index contributed by atoms with van der Waals surface area (Å²) in [4.78, 5) is 42.1. The SMILES string of the molecule is Cn1ccsc1=NC(=O)CCCN1C(=O)c2ccccc2C1=O. The number of carbonyl (C=O) groups is 3. The van der Waals surface area contributed by atoms with E-state index in [0.717, 1.165) is 0 Å². The summed E-state index contributed by atoms with van der Waals surface area (Å²) in [6, 6.07) is 6.76. The molecular formula is C16H15N3O3S. The number of amides is 3. The second-order valence-corrected chi connectivity index (χ2v) is 6.09. The summed E-state index contributed by atoms with van der Waals surface area (Å²) in [6.45, 7) is 0.226. The molecule has 3 amide bonds. The highest BCUT2D eigenvalue weighted by Crippen LogP contribution is 2.22. The van der Waals surface area contributed by atoms with Crippen molar-refractivity contribution in [3.63, 3.8) is 0 Å². The molecule has 0 saturated carbocycles. The molecule has 1 aromatic heterocycles. The van der Waals surface area contributed by atoms with Gasteiger partial charge < -0.3 is 4.57 Å². The van der Waals surface area contributed by atoms with Crippen LogP contribution in [0.1, 0.15) is 33.6 Å². The summed E-state index contributed by atoms with van der Waals surface area (Å²) in [6.07, 6.45) is 2.43. The third-order valence-corrected chi connectivity index (χ3v) is 4.48. The molecule has 0 fully saturated rings. The molecule has 0 unspecified atom stereocenters. The van der Waals surface area contributed by atoms with Gasteiger partial charge in [-0.15, -0.1) is 11.3 Å². The first-order chi connectivity index (χ1) is 11.1. The average molecular weight is 329 g/mol. The van der Waals surface area contributed by atoms with E-state index >= 15 is 0 Å². The maximum Gasteiger partial charge on any atom is 0.261 e. The number of hydrogen-bond donors (Lipinski definition) is 0. The first-order valence-electron chi connectivity index (χ1n) is 7.21. The second kappa shape index (κ2) is 6.29.